The number of rotatable bonds is 1. The first-order valence-corrected chi connectivity index (χ1v) is 2.72. The topological polar surface area (TPSA) is 77.6 Å². The molecule has 0 radical (unpaired) electrons. The van der Waals surface area contributed by atoms with Gasteiger partial charge in [-0.2, -0.15) is 0 Å². The Balaban J connectivity index is 2.65. The van der Waals surface area contributed by atoms with Crippen LogP contribution in [0.5, 0.6) is 0 Å². The number of hydrogen-bond acceptors (Lipinski definition) is 2. The average Bonchev–Trinajstić information content (AvgIpc) is 2.43. The molecule has 1 rings (SSSR count). The van der Waals surface area contributed by atoms with E-state index in [0.717, 1.165) is 4.90 Å². The lowest BCUT2D eigenvalue weighted by molar-refractivity contribution is -0.140. The molecule has 0 aliphatic carbocycles. The van der Waals surface area contributed by atoms with Gasteiger partial charge in [-0.05, 0) is 6.92 Å². The minimum absolute atomic E-state index is 0.0949. The zero-order valence-corrected chi connectivity index (χ0v) is 5.37. The van der Waals surface area contributed by atoms with Gasteiger partial charge in [0.2, 0.25) is 0 Å². The summed E-state index contributed by atoms with van der Waals surface area (Å²) in [7, 11) is 0. The van der Waals surface area contributed by atoms with Crippen molar-refractivity contribution in [2.75, 3.05) is 6.54 Å². The van der Waals surface area contributed by atoms with Crippen molar-refractivity contribution in [1.29, 1.82) is 0 Å². The predicted octanol–water partition coefficient (Wildman–Crippen LogP) is -0.177. The molecule has 2 N–H and O–H groups in total. The summed E-state index contributed by atoms with van der Waals surface area (Å²) < 4.78 is 0. The minimum atomic E-state index is -1.18. The molecule has 10 heavy (non-hydrogen) atoms. The number of nitrogens with zero attached hydrogens (tertiary/aromatic N) is 1. The zero-order chi connectivity index (χ0) is 7.94. The van der Waals surface area contributed by atoms with Crippen LogP contribution in [0, 0.1) is 0 Å². The molecule has 1 aliphatic rings. The summed E-state index contributed by atoms with van der Waals surface area (Å²) in [6.07, 6.45) is -1.18. The summed E-state index contributed by atoms with van der Waals surface area (Å²) in [5.41, 5.74) is -1.16. The van der Waals surface area contributed by atoms with E-state index < -0.39 is 17.6 Å². The van der Waals surface area contributed by atoms with Crippen molar-refractivity contribution < 1.29 is 19.8 Å². The van der Waals surface area contributed by atoms with E-state index >= 15 is 0 Å². The van der Waals surface area contributed by atoms with Gasteiger partial charge < -0.3 is 10.2 Å². The fourth-order valence-electron chi connectivity index (χ4n) is 0.734. The number of carboxylic acid groups (broad SMARTS) is 2. The second kappa shape index (κ2) is 1.62. The Labute approximate surface area is 56.9 Å². The van der Waals surface area contributed by atoms with Gasteiger partial charge in [-0.15, -0.1) is 0 Å². The summed E-state index contributed by atoms with van der Waals surface area (Å²) in [5, 5.41) is 16.7. The molecule has 1 atom stereocenters. The number of carbonyl (C=O) groups is 2. The van der Waals surface area contributed by atoms with Crippen molar-refractivity contribution in [3.8, 4) is 0 Å². The molecule has 1 heterocycles. The molecular weight excluding hydrogens is 138 g/mol. The molecule has 0 bridgehead atoms. The maximum absolute atomic E-state index is 10.3. The summed E-state index contributed by atoms with van der Waals surface area (Å²) in [6.45, 7) is 1.47. The van der Waals surface area contributed by atoms with E-state index in [9.17, 15) is 9.59 Å². The highest BCUT2D eigenvalue weighted by Gasteiger charge is 2.57. The summed E-state index contributed by atoms with van der Waals surface area (Å²) in [4.78, 5) is 21.3. The van der Waals surface area contributed by atoms with Gasteiger partial charge in [0.05, 0.1) is 6.54 Å². The number of hydrogen-bond donors (Lipinski definition) is 2. The molecule has 56 valence electrons. The molecule has 1 aliphatic heterocycles. The Bertz CT molecular complexity index is 202. The van der Waals surface area contributed by atoms with Crippen LogP contribution in [0.2, 0.25) is 0 Å². The maximum atomic E-state index is 10.3. The zero-order valence-electron chi connectivity index (χ0n) is 5.37. The first-order chi connectivity index (χ1) is 4.48. The van der Waals surface area contributed by atoms with E-state index in [2.05, 4.69) is 0 Å². The van der Waals surface area contributed by atoms with Crippen LogP contribution in [-0.4, -0.2) is 39.3 Å². The molecule has 0 aromatic heterocycles. The van der Waals surface area contributed by atoms with Gasteiger partial charge in [-0.1, -0.05) is 0 Å². The summed E-state index contributed by atoms with van der Waals surface area (Å²) in [6, 6.07) is 0. The van der Waals surface area contributed by atoms with Crippen LogP contribution in [0.25, 0.3) is 0 Å². The third-order valence-corrected chi connectivity index (χ3v) is 1.65. The van der Waals surface area contributed by atoms with Gasteiger partial charge in [0, 0.05) is 0 Å². The lowest BCUT2D eigenvalue weighted by atomic mass is 10.2. The fraction of sp³-hybridized carbons (Fsp3) is 0.600. The Morgan fingerprint density at radius 3 is 2.10 bits per heavy atom. The van der Waals surface area contributed by atoms with Crippen LogP contribution in [-0.2, 0) is 4.79 Å². The third-order valence-electron chi connectivity index (χ3n) is 1.65. The largest absolute Gasteiger partial charge is 0.479 e. The minimum Gasteiger partial charge on any atom is -0.479 e. The first-order valence-electron chi connectivity index (χ1n) is 2.72. The van der Waals surface area contributed by atoms with E-state index in [1.165, 1.54) is 6.92 Å². The van der Waals surface area contributed by atoms with Crippen molar-refractivity contribution in [3.63, 3.8) is 0 Å². The molecule has 0 saturated carbocycles. The van der Waals surface area contributed by atoms with E-state index in [4.69, 9.17) is 10.2 Å². The van der Waals surface area contributed by atoms with Crippen LogP contribution in [0.1, 0.15) is 6.92 Å². The van der Waals surface area contributed by atoms with Gasteiger partial charge in [0.25, 0.3) is 0 Å². The van der Waals surface area contributed by atoms with Gasteiger partial charge >= 0.3 is 12.1 Å². The van der Waals surface area contributed by atoms with E-state index in [1.54, 1.807) is 0 Å². The summed E-state index contributed by atoms with van der Waals surface area (Å²) in [5.74, 6) is -1.09. The molecule has 5 nitrogen and oxygen atoms in total. The summed E-state index contributed by atoms with van der Waals surface area (Å²) >= 11 is 0. The highest BCUT2D eigenvalue weighted by molar-refractivity contribution is 5.89. The normalized spacial score (nSPS) is 29.9. The van der Waals surface area contributed by atoms with Gasteiger partial charge in [-0.3, -0.25) is 4.90 Å². The van der Waals surface area contributed by atoms with E-state index in [1.807, 2.05) is 0 Å². The first kappa shape index (κ1) is 6.85. The average molecular weight is 145 g/mol. The lowest BCUT2D eigenvalue weighted by Gasteiger charge is -2.01. The van der Waals surface area contributed by atoms with Crippen molar-refractivity contribution in [3.05, 3.63) is 0 Å². The fourth-order valence-corrected chi connectivity index (χ4v) is 0.734. The van der Waals surface area contributed by atoms with Crippen molar-refractivity contribution >= 4 is 12.1 Å². The second-order valence-electron chi connectivity index (χ2n) is 2.45. The number of aliphatic carboxylic acids is 1. The molecule has 1 amide bonds. The van der Waals surface area contributed by atoms with Crippen molar-refractivity contribution in [2.24, 2.45) is 0 Å². The lowest BCUT2D eigenvalue weighted by Crippen LogP contribution is -2.27. The molecular formula is C5H7NO4. The standard InChI is InChI=1S/C5H7NO4/c1-5(3(7)8)2-6(5)4(9)10/h2H2,1H3,(H,7,8)(H,9,10). The van der Waals surface area contributed by atoms with Crippen LogP contribution < -0.4 is 0 Å². The van der Waals surface area contributed by atoms with Crippen molar-refractivity contribution in [2.45, 2.75) is 12.5 Å². The Hall–Kier alpha value is -1.26. The Morgan fingerprint density at radius 2 is 2.00 bits per heavy atom. The Morgan fingerprint density at radius 1 is 1.50 bits per heavy atom. The molecule has 0 aromatic rings. The monoisotopic (exact) mass is 145 g/mol. The molecule has 1 saturated heterocycles. The molecule has 1 fully saturated rings. The number of carboxylic acids is 1. The Kier molecular flexibility index (Phi) is 1.11. The maximum Gasteiger partial charge on any atom is 0.408 e. The highest BCUT2D eigenvalue weighted by atomic mass is 16.4. The van der Waals surface area contributed by atoms with Crippen LogP contribution in [0.3, 0.4) is 0 Å². The van der Waals surface area contributed by atoms with E-state index in [-0.39, 0.29) is 6.54 Å². The van der Waals surface area contributed by atoms with Gasteiger partial charge in [0.1, 0.15) is 0 Å². The predicted molar refractivity (Wildman–Crippen MR) is 30.8 cm³/mol. The molecule has 0 spiro atoms. The number of amides is 1. The second-order valence-corrected chi connectivity index (χ2v) is 2.45. The van der Waals surface area contributed by atoms with Crippen LogP contribution >= 0.6 is 0 Å². The highest BCUT2D eigenvalue weighted by Crippen LogP contribution is 2.31. The van der Waals surface area contributed by atoms with Crippen molar-refractivity contribution in [1.82, 2.24) is 4.90 Å². The SMILES string of the molecule is CC1(C(=O)O)CN1C(=O)O. The van der Waals surface area contributed by atoms with Gasteiger partial charge in [-0.25, -0.2) is 9.59 Å². The van der Waals surface area contributed by atoms with Crippen LogP contribution in [0.15, 0.2) is 0 Å². The van der Waals surface area contributed by atoms with Gasteiger partial charge in [0.15, 0.2) is 5.54 Å². The quantitative estimate of drug-likeness (QED) is 0.502. The van der Waals surface area contributed by atoms with E-state index in [0.29, 0.717) is 0 Å². The molecule has 0 aromatic carbocycles. The molecule has 5 heteroatoms. The van der Waals surface area contributed by atoms with Crippen LogP contribution in [0.4, 0.5) is 4.79 Å². The molecule has 1 unspecified atom stereocenters. The third kappa shape index (κ3) is 0.706. The smallest absolute Gasteiger partial charge is 0.408 e.